The Morgan fingerprint density at radius 2 is 2.29 bits per heavy atom. The number of nitrogens with zero attached hydrogens (tertiary/aromatic N) is 1. The van der Waals surface area contributed by atoms with E-state index in [4.69, 9.17) is 11.6 Å². The zero-order valence-electron chi connectivity index (χ0n) is 7.30. The van der Waals surface area contributed by atoms with E-state index in [2.05, 4.69) is 4.98 Å². The van der Waals surface area contributed by atoms with E-state index in [0.717, 1.165) is 0 Å². The quantitative estimate of drug-likeness (QED) is 0.568. The molecule has 0 saturated heterocycles. The van der Waals surface area contributed by atoms with Crippen molar-refractivity contribution in [1.82, 2.24) is 4.98 Å². The molecule has 0 aliphatic rings. The van der Waals surface area contributed by atoms with Gasteiger partial charge in [-0.1, -0.05) is 0 Å². The van der Waals surface area contributed by atoms with Crippen molar-refractivity contribution in [2.45, 2.75) is 12.2 Å². The van der Waals surface area contributed by atoms with Gasteiger partial charge in [-0.15, -0.1) is 11.6 Å². The van der Waals surface area contributed by atoms with Crippen molar-refractivity contribution < 1.29 is 15.0 Å². The molecule has 0 spiro atoms. The molecule has 2 unspecified atom stereocenters. The smallest absolute Gasteiger partial charge is 0.150 e. The second-order valence-corrected chi connectivity index (χ2v) is 3.10. The highest BCUT2D eigenvalue weighted by atomic mass is 35.5. The van der Waals surface area contributed by atoms with Crippen molar-refractivity contribution in [3.63, 3.8) is 0 Å². The second kappa shape index (κ2) is 5.05. The predicted molar refractivity (Wildman–Crippen MR) is 51.3 cm³/mol. The molecule has 5 heteroatoms. The normalized spacial score (nSPS) is 14.8. The molecule has 4 nitrogen and oxygen atoms in total. The summed E-state index contributed by atoms with van der Waals surface area (Å²) >= 11 is 5.37. The van der Waals surface area contributed by atoms with E-state index < -0.39 is 12.2 Å². The summed E-state index contributed by atoms with van der Waals surface area (Å²) in [6, 6.07) is 1.46. The van der Waals surface area contributed by atoms with E-state index in [0.29, 0.717) is 11.8 Å². The molecule has 0 radical (unpaired) electrons. The molecule has 0 aliphatic heterocycles. The molecule has 1 aromatic heterocycles. The number of aliphatic hydroxyl groups excluding tert-OH is 2. The van der Waals surface area contributed by atoms with Gasteiger partial charge in [0.1, 0.15) is 6.10 Å². The van der Waals surface area contributed by atoms with E-state index >= 15 is 0 Å². The van der Waals surface area contributed by atoms with Crippen molar-refractivity contribution in [3.8, 4) is 0 Å². The van der Waals surface area contributed by atoms with Crippen LogP contribution in [0.5, 0.6) is 0 Å². The van der Waals surface area contributed by atoms with Gasteiger partial charge in [0.15, 0.2) is 6.29 Å². The van der Waals surface area contributed by atoms with Gasteiger partial charge >= 0.3 is 0 Å². The van der Waals surface area contributed by atoms with Gasteiger partial charge in [0.25, 0.3) is 0 Å². The third-order valence-corrected chi connectivity index (χ3v) is 2.17. The van der Waals surface area contributed by atoms with Gasteiger partial charge in [-0.3, -0.25) is 9.78 Å². The predicted octanol–water partition coefficient (Wildman–Crippen LogP) is 0.527. The second-order valence-electron chi connectivity index (χ2n) is 2.79. The van der Waals surface area contributed by atoms with Crippen LogP contribution in [0.25, 0.3) is 0 Å². The molecule has 1 heterocycles. The maximum atomic E-state index is 10.6. The minimum atomic E-state index is -1.18. The first-order valence-electron chi connectivity index (χ1n) is 4.02. The summed E-state index contributed by atoms with van der Waals surface area (Å²) in [5.74, 6) is -0.103. The summed E-state index contributed by atoms with van der Waals surface area (Å²) in [5.41, 5.74) is 0.590. The number of pyridine rings is 1. The van der Waals surface area contributed by atoms with Gasteiger partial charge in [-0.2, -0.15) is 0 Å². The zero-order valence-corrected chi connectivity index (χ0v) is 8.05. The van der Waals surface area contributed by atoms with E-state index in [9.17, 15) is 15.0 Å². The number of aromatic nitrogens is 1. The number of aldehydes is 1. The van der Waals surface area contributed by atoms with Crippen LogP contribution in [0.2, 0.25) is 0 Å². The summed E-state index contributed by atoms with van der Waals surface area (Å²) in [7, 11) is 0. The first-order chi connectivity index (χ1) is 6.70. The van der Waals surface area contributed by atoms with E-state index in [-0.39, 0.29) is 11.4 Å². The topological polar surface area (TPSA) is 70.4 Å². The Labute approximate surface area is 86.2 Å². The maximum Gasteiger partial charge on any atom is 0.150 e. The first kappa shape index (κ1) is 11.1. The van der Waals surface area contributed by atoms with Gasteiger partial charge in [0.2, 0.25) is 0 Å². The lowest BCUT2D eigenvalue weighted by Gasteiger charge is -2.16. The monoisotopic (exact) mass is 215 g/mol. The fraction of sp³-hybridized carbons (Fsp3) is 0.333. The molecule has 0 saturated carbocycles. The van der Waals surface area contributed by atoms with E-state index in [1.54, 1.807) is 0 Å². The highest BCUT2D eigenvalue weighted by molar-refractivity contribution is 6.18. The number of rotatable bonds is 4. The Kier molecular flexibility index (Phi) is 4.00. The van der Waals surface area contributed by atoms with Crippen LogP contribution in [-0.2, 0) is 0 Å². The van der Waals surface area contributed by atoms with Crippen LogP contribution in [0.1, 0.15) is 22.0 Å². The molecular weight excluding hydrogens is 206 g/mol. The Morgan fingerprint density at radius 1 is 1.57 bits per heavy atom. The van der Waals surface area contributed by atoms with Crippen LogP contribution >= 0.6 is 11.6 Å². The molecule has 1 aromatic rings. The lowest BCUT2D eigenvalue weighted by molar-refractivity contribution is 0.0321. The molecule has 0 aromatic carbocycles. The molecule has 2 atom stereocenters. The molecule has 0 fully saturated rings. The van der Waals surface area contributed by atoms with Gasteiger partial charge in [0.05, 0.1) is 12.0 Å². The summed E-state index contributed by atoms with van der Waals surface area (Å²) in [5, 5.41) is 18.8. The van der Waals surface area contributed by atoms with E-state index in [1.807, 2.05) is 0 Å². The van der Waals surface area contributed by atoms with Crippen molar-refractivity contribution in [2.24, 2.45) is 0 Å². The number of aliphatic hydroxyl groups is 2. The minimum absolute atomic E-state index is 0.103. The number of hydrogen-bond acceptors (Lipinski definition) is 4. The summed E-state index contributed by atoms with van der Waals surface area (Å²) in [6.45, 7) is 0. The van der Waals surface area contributed by atoms with E-state index in [1.165, 1.54) is 18.5 Å². The van der Waals surface area contributed by atoms with Crippen molar-refractivity contribution in [3.05, 3.63) is 29.6 Å². The van der Waals surface area contributed by atoms with Crippen LogP contribution in [-0.4, -0.2) is 33.5 Å². The van der Waals surface area contributed by atoms with Gasteiger partial charge in [-0.05, 0) is 6.07 Å². The standard InChI is InChI=1S/C9H10ClNO3/c10-3-8(13)9(14)7-4-11-2-1-6(7)5-12/h1-2,4-5,8-9,13-14H,3H2. The van der Waals surface area contributed by atoms with Crippen LogP contribution in [0.4, 0.5) is 0 Å². The highest BCUT2D eigenvalue weighted by Gasteiger charge is 2.20. The van der Waals surface area contributed by atoms with Crippen LogP contribution in [0.3, 0.4) is 0 Å². The Bertz CT molecular complexity index is 319. The fourth-order valence-electron chi connectivity index (χ4n) is 1.06. The number of carbonyl (C=O) groups excluding carboxylic acids is 1. The Hall–Kier alpha value is -0.970. The van der Waals surface area contributed by atoms with Crippen molar-refractivity contribution >= 4 is 17.9 Å². The molecule has 0 bridgehead atoms. The average molecular weight is 216 g/mol. The summed E-state index contributed by atoms with van der Waals surface area (Å²) in [4.78, 5) is 14.3. The highest BCUT2D eigenvalue weighted by Crippen LogP contribution is 2.19. The van der Waals surface area contributed by atoms with Crippen molar-refractivity contribution in [1.29, 1.82) is 0 Å². The number of carbonyl (C=O) groups is 1. The third-order valence-electron chi connectivity index (χ3n) is 1.86. The van der Waals surface area contributed by atoms with Gasteiger partial charge in [-0.25, -0.2) is 0 Å². The SMILES string of the molecule is O=Cc1ccncc1C(O)C(O)CCl. The zero-order chi connectivity index (χ0) is 10.6. The first-order valence-corrected chi connectivity index (χ1v) is 4.55. The molecule has 2 N–H and O–H groups in total. The Morgan fingerprint density at radius 3 is 2.86 bits per heavy atom. The molecular formula is C9H10ClNO3. The number of halogens is 1. The number of hydrogen-bond donors (Lipinski definition) is 2. The molecule has 0 amide bonds. The summed E-state index contributed by atoms with van der Waals surface area (Å²) < 4.78 is 0. The average Bonchev–Trinajstić information content (AvgIpc) is 2.26. The van der Waals surface area contributed by atoms with Crippen LogP contribution in [0, 0.1) is 0 Å². The fourth-order valence-corrected chi connectivity index (χ4v) is 1.23. The molecule has 14 heavy (non-hydrogen) atoms. The molecule has 0 aliphatic carbocycles. The summed E-state index contributed by atoms with van der Waals surface area (Å²) in [6.07, 6.45) is 1.10. The maximum absolute atomic E-state index is 10.6. The number of alkyl halides is 1. The van der Waals surface area contributed by atoms with Crippen LogP contribution in [0.15, 0.2) is 18.5 Å². The lowest BCUT2D eigenvalue weighted by atomic mass is 10.0. The largest absolute Gasteiger partial charge is 0.389 e. The third kappa shape index (κ3) is 2.29. The molecule has 1 rings (SSSR count). The minimum Gasteiger partial charge on any atom is -0.389 e. The van der Waals surface area contributed by atoms with Crippen molar-refractivity contribution in [2.75, 3.05) is 5.88 Å². The Balaban J connectivity index is 2.99. The van der Waals surface area contributed by atoms with Gasteiger partial charge < -0.3 is 10.2 Å². The lowest BCUT2D eigenvalue weighted by Crippen LogP contribution is -2.21. The molecule has 76 valence electrons. The van der Waals surface area contributed by atoms with Gasteiger partial charge in [0, 0.05) is 23.5 Å². The van der Waals surface area contributed by atoms with Crippen LogP contribution < -0.4 is 0 Å².